The number of Topliss-reactive ketones (excluding diaryl/α,β-unsaturated/α-hetero) is 2. The Morgan fingerprint density at radius 1 is 0.850 bits per heavy atom. The van der Waals surface area contributed by atoms with E-state index in [9.17, 15) is 9.59 Å². The average molecular weight is 276 g/mol. The number of rotatable bonds is 6. The van der Waals surface area contributed by atoms with E-state index < -0.39 is 34.5 Å². The molecule has 0 aromatic heterocycles. The monoisotopic (exact) mass is 276 g/mol. The molecular formula is C14H20N4O2. The fraction of sp³-hybridized carbons (Fsp3) is 0.714. The highest BCUT2D eigenvalue weighted by atomic mass is 16.1. The number of azo groups is 1. The number of nitrogens with zero attached hydrogens (tertiary/aromatic N) is 4. The molecule has 6 nitrogen and oxygen atoms in total. The van der Waals surface area contributed by atoms with Gasteiger partial charge in [-0.1, -0.05) is 27.7 Å². The zero-order chi connectivity index (χ0) is 16.1. The summed E-state index contributed by atoms with van der Waals surface area (Å²) in [6, 6.07) is 3.59. The molecule has 0 N–H and O–H groups in total. The molecule has 20 heavy (non-hydrogen) atoms. The van der Waals surface area contributed by atoms with Crippen LogP contribution in [0.15, 0.2) is 10.2 Å². The molecule has 0 heterocycles. The highest BCUT2D eigenvalue weighted by Gasteiger charge is 2.39. The van der Waals surface area contributed by atoms with Crippen molar-refractivity contribution in [2.75, 3.05) is 0 Å². The topological polar surface area (TPSA) is 106 Å². The fourth-order valence-corrected chi connectivity index (χ4v) is 1.58. The molecule has 0 aliphatic carbocycles. The van der Waals surface area contributed by atoms with Crippen LogP contribution < -0.4 is 0 Å². The summed E-state index contributed by atoms with van der Waals surface area (Å²) in [6.07, 6.45) is 0. The van der Waals surface area contributed by atoms with E-state index in [2.05, 4.69) is 10.2 Å². The van der Waals surface area contributed by atoms with Crippen molar-refractivity contribution in [3.05, 3.63) is 0 Å². The van der Waals surface area contributed by atoms with Gasteiger partial charge in [0.05, 0.1) is 0 Å². The molecule has 0 aromatic rings. The predicted octanol–water partition coefficient (Wildman–Crippen LogP) is 2.45. The Morgan fingerprint density at radius 2 is 1.10 bits per heavy atom. The molecule has 0 saturated heterocycles. The standard InChI is InChI=1S/C14H20N4O2/c1-9(2)11(19)13(5,7-15)17-18-14(6,8-16)12(20)10(3)4/h9-10H,1-6H3. The van der Waals surface area contributed by atoms with Crippen LogP contribution in [-0.4, -0.2) is 22.6 Å². The summed E-state index contributed by atoms with van der Waals surface area (Å²) in [5.41, 5.74) is -3.35. The molecule has 6 heteroatoms. The third kappa shape index (κ3) is 3.71. The summed E-state index contributed by atoms with van der Waals surface area (Å²) >= 11 is 0. The summed E-state index contributed by atoms with van der Waals surface area (Å²) in [5, 5.41) is 25.7. The summed E-state index contributed by atoms with van der Waals surface area (Å²) in [6.45, 7) is 9.26. The molecule has 2 atom stereocenters. The molecule has 0 amide bonds. The summed E-state index contributed by atoms with van der Waals surface area (Å²) < 4.78 is 0. The lowest BCUT2D eigenvalue weighted by Crippen LogP contribution is -2.38. The number of nitriles is 2. The highest BCUT2D eigenvalue weighted by molar-refractivity contribution is 5.93. The molecule has 0 aromatic carbocycles. The van der Waals surface area contributed by atoms with E-state index in [1.165, 1.54) is 13.8 Å². The normalized spacial score (nSPS) is 17.3. The van der Waals surface area contributed by atoms with Gasteiger partial charge < -0.3 is 0 Å². The second kappa shape index (κ2) is 6.38. The Balaban J connectivity index is 5.56. The van der Waals surface area contributed by atoms with Crippen LogP contribution >= 0.6 is 0 Å². The average Bonchev–Trinajstić information content (AvgIpc) is 2.42. The van der Waals surface area contributed by atoms with E-state index in [1.807, 2.05) is 0 Å². The van der Waals surface area contributed by atoms with E-state index >= 15 is 0 Å². The van der Waals surface area contributed by atoms with Gasteiger partial charge in [0.25, 0.3) is 0 Å². The van der Waals surface area contributed by atoms with Gasteiger partial charge in [-0.3, -0.25) is 9.59 Å². The zero-order valence-corrected chi connectivity index (χ0v) is 12.8. The lowest BCUT2D eigenvalue weighted by molar-refractivity contribution is -0.126. The quantitative estimate of drug-likeness (QED) is 0.694. The third-order valence-electron chi connectivity index (χ3n) is 2.89. The molecule has 0 aliphatic heterocycles. The van der Waals surface area contributed by atoms with E-state index in [0.717, 1.165) is 0 Å². The number of ketones is 2. The molecule has 0 bridgehead atoms. The fourth-order valence-electron chi connectivity index (χ4n) is 1.58. The largest absolute Gasteiger partial charge is 0.295 e. The van der Waals surface area contributed by atoms with Crippen LogP contribution in [0, 0.1) is 34.5 Å². The SMILES string of the molecule is CC(C)C(=O)C(C)(C#N)N=NC(C)(C#N)C(=O)C(C)C. The van der Waals surface area contributed by atoms with Crippen molar-refractivity contribution in [3.8, 4) is 12.1 Å². The van der Waals surface area contributed by atoms with E-state index in [4.69, 9.17) is 10.5 Å². The predicted molar refractivity (Wildman–Crippen MR) is 72.6 cm³/mol. The van der Waals surface area contributed by atoms with E-state index in [0.29, 0.717) is 0 Å². The van der Waals surface area contributed by atoms with Crippen LogP contribution in [0.2, 0.25) is 0 Å². The number of hydrogen-bond acceptors (Lipinski definition) is 6. The molecular weight excluding hydrogens is 256 g/mol. The van der Waals surface area contributed by atoms with Gasteiger partial charge in [-0.2, -0.15) is 20.8 Å². The number of hydrogen-bond donors (Lipinski definition) is 0. The van der Waals surface area contributed by atoms with Crippen molar-refractivity contribution in [1.82, 2.24) is 0 Å². The molecule has 0 saturated carbocycles. The highest BCUT2D eigenvalue weighted by Crippen LogP contribution is 2.22. The molecule has 0 aliphatic rings. The lowest BCUT2D eigenvalue weighted by Gasteiger charge is -2.20. The van der Waals surface area contributed by atoms with Crippen molar-refractivity contribution >= 4 is 11.6 Å². The van der Waals surface area contributed by atoms with Crippen molar-refractivity contribution < 1.29 is 9.59 Å². The Kier molecular flexibility index (Phi) is 5.72. The number of carbonyl (C=O) groups excluding carboxylic acids is 2. The van der Waals surface area contributed by atoms with Gasteiger partial charge in [0.1, 0.15) is 12.1 Å². The van der Waals surface area contributed by atoms with Crippen LogP contribution in [-0.2, 0) is 9.59 Å². The first-order valence-corrected chi connectivity index (χ1v) is 6.39. The minimum absolute atomic E-state index is 0.396. The second-order valence-corrected chi connectivity index (χ2v) is 5.61. The second-order valence-electron chi connectivity index (χ2n) is 5.61. The van der Waals surface area contributed by atoms with Crippen molar-refractivity contribution in [3.63, 3.8) is 0 Å². The van der Waals surface area contributed by atoms with Crippen LogP contribution in [0.4, 0.5) is 0 Å². The lowest BCUT2D eigenvalue weighted by atomic mass is 9.90. The Bertz CT molecular complexity index is 464. The van der Waals surface area contributed by atoms with Crippen LogP contribution in [0.25, 0.3) is 0 Å². The molecule has 0 fully saturated rings. The summed E-state index contributed by atoms with van der Waals surface area (Å²) in [7, 11) is 0. The van der Waals surface area contributed by atoms with Crippen LogP contribution in [0.5, 0.6) is 0 Å². The van der Waals surface area contributed by atoms with E-state index in [1.54, 1.807) is 39.8 Å². The molecule has 2 unspecified atom stereocenters. The van der Waals surface area contributed by atoms with Crippen LogP contribution in [0.3, 0.4) is 0 Å². The van der Waals surface area contributed by atoms with Crippen LogP contribution in [0.1, 0.15) is 41.5 Å². The van der Waals surface area contributed by atoms with Gasteiger partial charge >= 0.3 is 0 Å². The Hall–Kier alpha value is -2.08. The minimum atomic E-state index is -1.68. The van der Waals surface area contributed by atoms with Gasteiger partial charge in [0, 0.05) is 11.8 Å². The minimum Gasteiger partial charge on any atom is -0.295 e. The molecule has 0 radical (unpaired) electrons. The van der Waals surface area contributed by atoms with E-state index in [-0.39, 0.29) is 0 Å². The van der Waals surface area contributed by atoms with Gasteiger partial charge in [0.2, 0.25) is 11.1 Å². The first-order valence-electron chi connectivity index (χ1n) is 6.39. The zero-order valence-electron chi connectivity index (χ0n) is 12.8. The Morgan fingerprint density at radius 3 is 1.25 bits per heavy atom. The maximum absolute atomic E-state index is 12.0. The smallest absolute Gasteiger partial charge is 0.222 e. The van der Waals surface area contributed by atoms with Gasteiger partial charge in [-0.15, -0.1) is 0 Å². The number of carbonyl (C=O) groups is 2. The maximum atomic E-state index is 12.0. The summed E-state index contributed by atoms with van der Waals surface area (Å²) in [4.78, 5) is 23.9. The van der Waals surface area contributed by atoms with Crippen molar-refractivity contribution in [2.45, 2.75) is 52.6 Å². The molecule has 0 spiro atoms. The molecule has 0 rings (SSSR count). The van der Waals surface area contributed by atoms with Crippen molar-refractivity contribution in [1.29, 1.82) is 10.5 Å². The van der Waals surface area contributed by atoms with Crippen molar-refractivity contribution in [2.24, 2.45) is 22.1 Å². The Labute approximate surface area is 119 Å². The maximum Gasteiger partial charge on any atom is 0.222 e. The first-order chi connectivity index (χ1) is 9.04. The first kappa shape index (κ1) is 17.9. The molecule has 108 valence electrons. The summed E-state index contributed by atoms with van der Waals surface area (Å²) in [5.74, 6) is -1.59. The third-order valence-corrected chi connectivity index (χ3v) is 2.89. The van der Waals surface area contributed by atoms with Gasteiger partial charge in [0.15, 0.2) is 11.6 Å². The van der Waals surface area contributed by atoms with Gasteiger partial charge in [-0.05, 0) is 13.8 Å². The van der Waals surface area contributed by atoms with Gasteiger partial charge in [-0.25, -0.2) is 0 Å².